The van der Waals surface area contributed by atoms with Gasteiger partial charge in [0.25, 0.3) is 5.91 Å². The summed E-state index contributed by atoms with van der Waals surface area (Å²) in [6.07, 6.45) is 3.49. The van der Waals surface area contributed by atoms with E-state index in [4.69, 9.17) is 4.74 Å². The Morgan fingerprint density at radius 2 is 1.70 bits per heavy atom. The highest BCUT2D eigenvalue weighted by Crippen LogP contribution is 2.25. The van der Waals surface area contributed by atoms with Gasteiger partial charge in [-0.2, -0.15) is 0 Å². The lowest BCUT2D eigenvalue weighted by atomic mass is 10.1. The Labute approximate surface area is 162 Å². The van der Waals surface area contributed by atoms with Gasteiger partial charge in [0.2, 0.25) is 0 Å². The van der Waals surface area contributed by atoms with Crippen molar-refractivity contribution < 1.29 is 9.53 Å². The Kier molecular flexibility index (Phi) is 6.88. The summed E-state index contributed by atoms with van der Waals surface area (Å²) in [5, 5.41) is 2.93. The van der Waals surface area contributed by atoms with Gasteiger partial charge in [0.1, 0.15) is 5.75 Å². The minimum Gasteiger partial charge on any atom is -0.484 e. The molecule has 1 N–H and O–H groups in total. The molecule has 0 heterocycles. The van der Waals surface area contributed by atoms with Gasteiger partial charge in [-0.15, -0.1) is 0 Å². The zero-order valence-electron chi connectivity index (χ0n) is 16.5. The van der Waals surface area contributed by atoms with Gasteiger partial charge >= 0.3 is 0 Å². The maximum atomic E-state index is 12.1. The van der Waals surface area contributed by atoms with Crippen molar-refractivity contribution >= 4 is 5.91 Å². The number of hydrogen-bond donors (Lipinski definition) is 1. The SMILES string of the molecule is CCN(CC)Cc1ccc(CNC(=O)COc2ccc3c(c2)CCC3)cc1. The molecule has 0 radical (unpaired) electrons. The molecular formula is C23H30N2O2. The number of carbonyl (C=O) groups is 1. The maximum absolute atomic E-state index is 12.1. The van der Waals surface area contributed by atoms with Crippen molar-refractivity contribution in [2.45, 2.75) is 46.2 Å². The lowest BCUT2D eigenvalue weighted by Gasteiger charge is -2.18. The van der Waals surface area contributed by atoms with E-state index < -0.39 is 0 Å². The van der Waals surface area contributed by atoms with E-state index in [2.05, 4.69) is 60.5 Å². The van der Waals surface area contributed by atoms with E-state index in [0.717, 1.165) is 43.8 Å². The number of carbonyl (C=O) groups excluding carboxylic acids is 1. The molecule has 0 unspecified atom stereocenters. The predicted octanol–water partition coefficient (Wildman–Crippen LogP) is 3.71. The Hall–Kier alpha value is -2.33. The van der Waals surface area contributed by atoms with E-state index in [1.165, 1.54) is 23.1 Å². The Morgan fingerprint density at radius 1 is 1.00 bits per heavy atom. The molecule has 0 aliphatic heterocycles. The lowest BCUT2D eigenvalue weighted by Crippen LogP contribution is -2.28. The Morgan fingerprint density at radius 3 is 2.44 bits per heavy atom. The molecule has 0 atom stereocenters. The van der Waals surface area contributed by atoms with Crippen LogP contribution in [0.3, 0.4) is 0 Å². The largest absolute Gasteiger partial charge is 0.484 e. The molecule has 1 aliphatic carbocycles. The van der Waals surface area contributed by atoms with Crippen LogP contribution in [-0.2, 0) is 30.7 Å². The van der Waals surface area contributed by atoms with Crippen molar-refractivity contribution in [3.05, 3.63) is 64.7 Å². The monoisotopic (exact) mass is 366 g/mol. The third kappa shape index (κ3) is 5.57. The molecular weight excluding hydrogens is 336 g/mol. The van der Waals surface area contributed by atoms with E-state index in [1.807, 2.05) is 6.07 Å². The van der Waals surface area contributed by atoms with Crippen LogP contribution in [0.2, 0.25) is 0 Å². The fraction of sp³-hybridized carbons (Fsp3) is 0.435. The zero-order valence-corrected chi connectivity index (χ0v) is 16.5. The second kappa shape index (κ2) is 9.56. The normalized spacial score (nSPS) is 12.9. The molecule has 1 aliphatic rings. The van der Waals surface area contributed by atoms with Crippen LogP contribution in [0.5, 0.6) is 5.75 Å². The number of ether oxygens (including phenoxy) is 1. The average molecular weight is 367 g/mol. The number of benzene rings is 2. The molecule has 0 aromatic heterocycles. The molecule has 1 amide bonds. The summed E-state index contributed by atoms with van der Waals surface area (Å²) in [5.74, 6) is 0.689. The van der Waals surface area contributed by atoms with E-state index in [0.29, 0.717) is 6.54 Å². The highest BCUT2D eigenvalue weighted by atomic mass is 16.5. The standard InChI is InChI=1S/C23H30N2O2/c1-3-25(4-2)16-19-10-8-18(9-11-19)15-24-23(26)17-27-22-13-12-20-6-5-7-21(20)14-22/h8-14H,3-7,15-17H2,1-2H3,(H,24,26). The smallest absolute Gasteiger partial charge is 0.258 e. The first-order valence-electron chi connectivity index (χ1n) is 9.99. The van der Waals surface area contributed by atoms with Gasteiger partial charge in [-0.25, -0.2) is 0 Å². The van der Waals surface area contributed by atoms with Crippen molar-refractivity contribution in [2.75, 3.05) is 19.7 Å². The zero-order chi connectivity index (χ0) is 19.1. The molecule has 0 bridgehead atoms. The molecule has 144 valence electrons. The molecule has 3 rings (SSSR count). The van der Waals surface area contributed by atoms with Gasteiger partial charge in [-0.3, -0.25) is 9.69 Å². The van der Waals surface area contributed by atoms with Crippen LogP contribution in [0, 0.1) is 0 Å². The van der Waals surface area contributed by atoms with Crippen LogP contribution in [0.15, 0.2) is 42.5 Å². The molecule has 27 heavy (non-hydrogen) atoms. The predicted molar refractivity (Wildman–Crippen MR) is 109 cm³/mol. The first-order valence-corrected chi connectivity index (χ1v) is 9.99. The van der Waals surface area contributed by atoms with Crippen molar-refractivity contribution in [1.82, 2.24) is 10.2 Å². The highest BCUT2D eigenvalue weighted by Gasteiger charge is 2.12. The van der Waals surface area contributed by atoms with Gasteiger partial charge in [0.05, 0.1) is 0 Å². The van der Waals surface area contributed by atoms with Crippen LogP contribution in [0.25, 0.3) is 0 Å². The van der Waals surface area contributed by atoms with Crippen LogP contribution >= 0.6 is 0 Å². The number of fused-ring (bicyclic) bond motifs is 1. The molecule has 0 saturated heterocycles. The van der Waals surface area contributed by atoms with E-state index in [1.54, 1.807) is 0 Å². The van der Waals surface area contributed by atoms with Crippen molar-refractivity contribution in [3.8, 4) is 5.75 Å². The molecule has 4 heteroatoms. The minimum atomic E-state index is -0.0947. The fourth-order valence-corrected chi connectivity index (χ4v) is 3.51. The maximum Gasteiger partial charge on any atom is 0.258 e. The highest BCUT2D eigenvalue weighted by molar-refractivity contribution is 5.77. The van der Waals surface area contributed by atoms with Crippen molar-refractivity contribution in [1.29, 1.82) is 0 Å². The molecule has 2 aromatic rings. The van der Waals surface area contributed by atoms with Gasteiger partial charge in [0.15, 0.2) is 6.61 Å². The quantitative estimate of drug-likeness (QED) is 0.735. The number of hydrogen-bond acceptors (Lipinski definition) is 3. The molecule has 0 saturated carbocycles. The second-order valence-corrected chi connectivity index (χ2v) is 7.13. The molecule has 2 aromatic carbocycles. The second-order valence-electron chi connectivity index (χ2n) is 7.13. The summed E-state index contributed by atoms with van der Waals surface area (Å²) in [5.41, 5.74) is 5.17. The Bertz CT molecular complexity index is 751. The number of nitrogens with zero attached hydrogens (tertiary/aromatic N) is 1. The summed E-state index contributed by atoms with van der Waals surface area (Å²) in [6.45, 7) is 8.01. The van der Waals surface area contributed by atoms with E-state index in [9.17, 15) is 4.79 Å². The lowest BCUT2D eigenvalue weighted by molar-refractivity contribution is -0.123. The number of aryl methyl sites for hydroxylation is 2. The fourth-order valence-electron chi connectivity index (χ4n) is 3.51. The minimum absolute atomic E-state index is 0.0544. The third-order valence-corrected chi connectivity index (χ3v) is 5.25. The van der Waals surface area contributed by atoms with E-state index in [-0.39, 0.29) is 12.5 Å². The first-order chi connectivity index (χ1) is 13.2. The number of nitrogens with one attached hydrogen (secondary N) is 1. The van der Waals surface area contributed by atoms with Crippen LogP contribution in [-0.4, -0.2) is 30.5 Å². The molecule has 4 nitrogen and oxygen atoms in total. The van der Waals surface area contributed by atoms with Crippen LogP contribution in [0.4, 0.5) is 0 Å². The molecule has 0 fully saturated rings. The number of rotatable bonds is 9. The summed E-state index contributed by atoms with van der Waals surface area (Å²) in [6, 6.07) is 14.6. The van der Waals surface area contributed by atoms with Gasteiger partial charge < -0.3 is 10.1 Å². The van der Waals surface area contributed by atoms with Crippen LogP contribution < -0.4 is 10.1 Å². The topological polar surface area (TPSA) is 41.6 Å². The van der Waals surface area contributed by atoms with Gasteiger partial charge in [0, 0.05) is 13.1 Å². The average Bonchev–Trinajstić information content (AvgIpc) is 3.17. The first kappa shape index (κ1) is 19.4. The van der Waals surface area contributed by atoms with E-state index >= 15 is 0 Å². The summed E-state index contributed by atoms with van der Waals surface area (Å²) >= 11 is 0. The van der Waals surface area contributed by atoms with Crippen LogP contribution in [0.1, 0.15) is 42.5 Å². The molecule has 0 spiro atoms. The summed E-state index contributed by atoms with van der Waals surface area (Å²) in [7, 11) is 0. The van der Waals surface area contributed by atoms with Gasteiger partial charge in [-0.05, 0) is 66.7 Å². The van der Waals surface area contributed by atoms with Crippen molar-refractivity contribution in [2.24, 2.45) is 0 Å². The Balaban J connectivity index is 1.42. The number of amides is 1. The third-order valence-electron chi connectivity index (χ3n) is 5.25. The van der Waals surface area contributed by atoms with Crippen molar-refractivity contribution in [3.63, 3.8) is 0 Å². The van der Waals surface area contributed by atoms with Gasteiger partial charge in [-0.1, -0.05) is 44.2 Å². The summed E-state index contributed by atoms with van der Waals surface area (Å²) in [4.78, 5) is 14.5. The summed E-state index contributed by atoms with van der Waals surface area (Å²) < 4.78 is 5.65.